The molecule has 1 fully saturated rings. The number of amides is 1. The van der Waals surface area contributed by atoms with Gasteiger partial charge in [0.2, 0.25) is 5.91 Å². The van der Waals surface area contributed by atoms with E-state index in [4.69, 9.17) is 5.73 Å². The Morgan fingerprint density at radius 1 is 1.67 bits per heavy atom. The third-order valence-corrected chi connectivity index (χ3v) is 2.33. The molecule has 0 heterocycles. The number of rotatable bonds is 3. The fraction of sp³-hybridized carbons (Fsp3) is 0.750. The molecule has 0 bridgehead atoms. The molecule has 0 aromatic heterocycles. The lowest BCUT2D eigenvalue weighted by Gasteiger charge is -2.31. The van der Waals surface area contributed by atoms with E-state index in [9.17, 15) is 4.79 Å². The Morgan fingerprint density at radius 3 is 2.67 bits per heavy atom. The number of carbonyl (C=O) groups is 1. The van der Waals surface area contributed by atoms with Gasteiger partial charge in [0.15, 0.2) is 0 Å². The maximum absolute atomic E-state index is 11.2. The standard InChI is InChI=1S/C8H14N2OS/c1-5-2-6(3-5)8(11)10-4-7(9)12/h5-6H,2-4H2,1H3,(H2,9,12)(H,10,11). The molecule has 12 heavy (non-hydrogen) atoms. The fourth-order valence-electron chi connectivity index (χ4n) is 1.44. The summed E-state index contributed by atoms with van der Waals surface area (Å²) in [6.45, 7) is 2.48. The topological polar surface area (TPSA) is 55.1 Å². The summed E-state index contributed by atoms with van der Waals surface area (Å²) in [6.07, 6.45) is 2.01. The Bertz CT molecular complexity index is 199. The second kappa shape index (κ2) is 3.85. The van der Waals surface area contributed by atoms with Gasteiger partial charge in [-0.05, 0) is 18.8 Å². The normalized spacial score (nSPS) is 27.4. The molecule has 1 amide bonds. The lowest BCUT2D eigenvalue weighted by molar-refractivity contribution is -0.128. The van der Waals surface area contributed by atoms with Gasteiger partial charge in [-0.2, -0.15) is 0 Å². The Kier molecular flexibility index (Phi) is 3.03. The van der Waals surface area contributed by atoms with Gasteiger partial charge in [-0.25, -0.2) is 0 Å². The molecule has 1 aliphatic rings. The summed E-state index contributed by atoms with van der Waals surface area (Å²) < 4.78 is 0. The van der Waals surface area contributed by atoms with Gasteiger partial charge in [-0.3, -0.25) is 4.79 Å². The van der Waals surface area contributed by atoms with Crippen LogP contribution in [0.3, 0.4) is 0 Å². The third-order valence-electron chi connectivity index (χ3n) is 2.18. The van der Waals surface area contributed by atoms with Gasteiger partial charge in [-0.1, -0.05) is 19.1 Å². The molecule has 0 saturated heterocycles. The van der Waals surface area contributed by atoms with Crippen molar-refractivity contribution in [3.8, 4) is 0 Å². The Balaban J connectivity index is 2.17. The number of nitrogens with two attached hydrogens (primary N) is 1. The van der Waals surface area contributed by atoms with Gasteiger partial charge in [0.25, 0.3) is 0 Å². The second-order valence-corrected chi connectivity index (χ2v) is 3.98. The van der Waals surface area contributed by atoms with Crippen LogP contribution >= 0.6 is 12.2 Å². The number of nitrogens with one attached hydrogen (secondary N) is 1. The Hall–Kier alpha value is -0.640. The van der Waals surface area contributed by atoms with Crippen LogP contribution in [0, 0.1) is 11.8 Å². The summed E-state index contributed by atoms with van der Waals surface area (Å²) in [5.74, 6) is 1.00. The summed E-state index contributed by atoms with van der Waals surface area (Å²) in [7, 11) is 0. The van der Waals surface area contributed by atoms with E-state index >= 15 is 0 Å². The van der Waals surface area contributed by atoms with Crippen LogP contribution in [0.15, 0.2) is 0 Å². The van der Waals surface area contributed by atoms with Crippen molar-refractivity contribution in [2.45, 2.75) is 19.8 Å². The van der Waals surface area contributed by atoms with Gasteiger partial charge in [0.1, 0.15) is 0 Å². The van der Waals surface area contributed by atoms with Gasteiger partial charge in [0, 0.05) is 5.92 Å². The van der Waals surface area contributed by atoms with Gasteiger partial charge in [0.05, 0.1) is 11.5 Å². The van der Waals surface area contributed by atoms with Crippen molar-refractivity contribution < 1.29 is 4.79 Å². The van der Waals surface area contributed by atoms with E-state index in [-0.39, 0.29) is 11.8 Å². The molecule has 0 spiro atoms. The highest BCUT2D eigenvalue weighted by molar-refractivity contribution is 7.80. The van der Waals surface area contributed by atoms with E-state index in [1.54, 1.807) is 0 Å². The highest BCUT2D eigenvalue weighted by Crippen LogP contribution is 2.32. The van der Waals surface area contributed by atoms with Gasteiger partial charge in [-0.15, -0.1) is 0 Å². The molecule has 0 unspecified atom stereocenters. The summed E-state index contributed by atoms with van der Waals surface area (Å²) in [5.41, 5.74) is 5.24. The average molecular weight is 186 g/mol. The first-order valence-corrected chi connectivity index (χ1v) is 4.56. The van der Waals surface area contributed by atoms with Crippen LogP contribution in [0.1, 0.15) is 19.8 Å². The van der Waals surface area contributed by atoms with Crippen LogP contribution < -0.4 is 11.1 Å². The lowest BCUT2D eigenvalue weighted by atomic mass is 9.76. The molecule has 1 rings (SSSR count). The molecule has 1 saturated carbocycles. The minimum Gasteiger partial charge on any atom is -0.392 e. The molecule has 3 nitrogen and oxygen atoms in total. The Morgan fingerprint density at radius 2 is 2.25 bits per heavy atom. The van der Waals surface area contributed by atoms with Gasteiger partial charge >= 0.3 is 0 Å². The molecular formula is C8H14N2OS. The average Bonchev–Trinajstić information content (AvgIpc) is 1.94. The van der Waals surface area contributed by atoms with Crippen molar-refractivity contribution in [1.82, 2.24) is 5.32 Å². The molecule has 3 N–H and O–H groups in total. The number of hydrogen-bond acceptors (Lipinski definition) is 2. The molecule has 0 radical (unpaired) electrons. The van der Waals surface area contributed by atoms with E-state index in [0.29, 0.717) is 17.5 Å². The molecule has 0 atom stereocenters. The molecule has 68 valence electrons. The molecule has 0 aliphatic heterocycles. The van der Waals surface area contributed by atoms with Gasteiger partial charge < -0.3 is 11.1 Å². The summed E-state index contributed by atoms with van der Waals surface area (Å²) in [5, 5.41) is 2.70. The van der Waals surface area contributed by atoms with Crippen LogP contribution in [-0.4, -0.2) is 17.4 Å². The highest BCUT2D eigenvalue weighted by Gasteiger charge is 2.30. The van der Waals surface area contributed by atoms with Crippen molar-refractivity contribution >= 4 is 23.1 Å². The summed E-state index contributed by atoms with van der Waals surface area (Å²) >= 11 is 4.64. The maximum atomic E-state index is 11.2. The highest BCUT2D eigenvalue weighted by atomic mass is 32.1. The molecule has 4 heteroatoms. The minimum absolute atomic E-state index is 0.0981. The van der Waals surface area contributed by atoms with Crippen LogP contribution in [0.4, 0.5) is 0 Å². The molecule has 0 aromatic carbocycles. The smallest absolute Gasteiger partial charge is 0.223 e. The lowest BCUT2D eigenvalue weighted by Crippen LogP contribution is -2.41. The zero-order chi connectivity index (χ0) is 9.14. The molecule has 0 aromatic rings. The predicted octanol–water partition coefficient (Wildman–Crippen LogP) is 0.435. The maximum Gasteiger partial charge on any atom is 0.223 e. The van der Waals surface area contributed by atoms with Crippen molar-refractivity contribution in [3.63, 3.8) is 0 Å². The summed E-state index contributed by atoms with van der Waals surface area (Å²) in [4.78, 5) is 11.6. The first-order valence-electron chi connectivity index (χ1n) is 4.15. The first-order chi connectivity index (χ1) is 5.59. The van der Waals surface area contributed by atoms with Crippen LogP contribution in [0.25, 0.3) is 0 Å². The van der Waals surface area contributed by atoms with E-state index < -0.39 is 0 Å². The SMILES string of the molecule is CC1CC(C(=O)NCC(N)=S)C1. The van der Waals surface area contributed by atoms with Crippen molar-refractivity contribution in [3.05, 3.63) is 0 Å². The van der Waals surface area contributed by atoms with Crippen molar-refractivity contribution in [1.29, 1.82) is 0 Å². The number of thiocarbonyl (C=S) groups is 1. The predicted molar refractivity (Wildman–Crippen MR) is 51.7 cm³/mol. The molecule has 1 aliphatic carbocycles. The van der Waals surface area contributed by atoms with Crippen LogP contribution in [0.2, 0.25) is 0 Å². The van der Waals surface area contributed by atoms with Crippen molar-refractivity contribution in [2.24, 2.45) is 17.6 Å². The van der Waals surface area contributed by atoms with E-state index in [2.05, 4.69) is 24.5 Å². The monoisotopic (exact) mass is 186 g/mol. The van der Waals surface area contributed by atoms with E-state index in [0.717, 1.165) is 12.8 Å². The minimum atomic E-state index is 0.0981. The largest absolute Gasteiger partial charge is 0.392 e. The van der Waals surface area contributed by atoms with E-state index in [1.807, 2.05) is 0 Å². The van der Waals surface area contributed by atoms with Crippen LogP contribution in [-0.2, 0) is 4.79 Å². The Labute approximate surface area is 77.7 Å². The molecular weight excluding hydrogens is 172 g/mol. The van der Waals surface area contributed by atoms with Crippen LogP contribution in [0.5, 0.6) is 0 Å². The zero-order valence-electron chi connectivity index (χ0n) is 7.17. The number of hydrogen-bond donors (Lipinski definition) is 2. The second-order valence-electron chi connectivity index (χ2n) is 3.46. The summed E-state index contributed by atoms with van der Waals surface area (Å²) in [6, 6.07) is 0. The zero-order valence-corrected chi connectivity index (χ0v) is 7.99. The van der Waals surface area contributed by atoms with Crippen molar-refractivity contribution in [2.75, 3.05) is 6.54 Å². The number of carbonyl (C=O) groups excluding carboxylic acids is 1. The first kappa shape index (κ1) is 9.45. The quantitative estimate of drug-likeness (QED) is 0.629. The van der Waals surface area contributed by atoms with E-state index in [1.165, 1.54) is 0 Å². The third kappa shape index (κ3) is 2.44. The fourth-order valence-corrected chi connectivity index (χ4v) is 1.51.